The lowest BCUT2D eigenvalue weighted by atomic mass is 10.1. The molecule has 2 aromatic carbocycles. The number of imidazole rings is 1. The fourth-order valence-electron chi connectivity index (χ4n) is 3.00. The van der Waals surface area contributed by atoms with E-state index in [0.717, 1.165) is 0 Å². The molecule has 0 saturated heterocycles. The first-order valence-electron chi connectivity index (χ1n) is 8.98. The number of nitrogens with zero attached hydrogens (tertiary/aromatic N) is 2. The van der Waals surface area contributed by atoms with Gasteiger partial charge in [0, 0.05) is 11.1 Å². The summed E-state index contributed by atoms with van der Waals surface area (Å²) in [5.41, 5.74) is 0.984. The van der Waals surface area contributed by atoms with Gasteiger partial charge in [0.2, 0.25) is 0 Å². The zero-order valence-electron chi connectivity index (χ0n) is 16.7. The Morgan fingerprint density at radius 1 is 1.10 bits per heavy atom. The maximum absolute atomic E-state index is 12.9. The molecule has 11 heteroatoms. The number of rotatable bonds is 6. The van der Waals surface area contributed by atoms with Crippen molar-refractivity contribution in [3.05, 3.63) is 69.2 Å². The molecule has 0 fully saturated rings. The Balaban J connectivity index is 2.02. The number of carbonyl (C=O) groups excluding carboxylic acids is 1. The first kappa shape index (κ1) is 23.4. The first-order valence-corrected chi connectivity index (χ1v) is 11.6. The van der Waals surface area contributed by atoms with Crippen molar-refractivity contribution >= 4 is 50.7 Å². The van der Waals surface area contributed by atoms with Crippen LogP contribution in [-0.4, -0.2) is 31.0 Å². The van der Waals surface area contributed by atoms with Crippen LogP contribution in [0.1, 0.15) is 35.9 Å². The van der Waals surface area contributed by atoms with Gasteiger partial charge in [-0.3, -0.25) is 4.79 Å². The number of methoxy groups -OCH3 is 1. The molecule has 0 spiro atoms. The lowest BCUT2D eigenvalue weighted by molar-refractivity contribution is 0.0975. The van der Waals surface area contributed by atoms with E-state index in [1.54, 1.807) is 22.8 Å². The molecule has 3 aromatic rings. The van der Waals surface area contributed by atoms with Gasteiger partial charge in [0.25, 0.3) is 15.9 Å². The van der Waals surface area contributed by atoms with E-state index in [1.807, 2.05) is 18.6 Å². The summed E-state index contributed by atoms with van der Waals surface area (Å²) in [6, 6.07) is 9.02. The highest BCUT2D eigenvalue weighted by Crippen LogP contribution is 2.30. The normalized spacial score (nSPS) is 11.6. The van der Waals surface area contributed by atoms with Crippen molar-refractivity contribution in [3.63, 3.8) is 0 Å². The predicted octanol–water partition coefficient (Wildman–Crippen LogP) is 5.08. The summed E-state index contributed by atoms with van der Waals surface area (Å²) in [5.74, 6) is -0.800. The largest absolute Gasteiger partial charge is 0.497 e. The number of hydrogen-bond acceptors (Lipinski definition) is 5. The van der Waals surface area contributed by atoms with Crippen LogP contribution in [0.4, 0.5) is 0 Å². The van der Waals surface area contributed by atoms with Crippen LogP contribution in [0.15, 0.2) is 47.6 Å². The van der Waals surface area contributed by atoms with Crippen molar-refractivity contribution in [2.45, 2.75) is 24.7 Å². The van der Waals surface area contributed by atoms with Crippen LogP contribution in [0.5, 0.6) is 5.75 Å². The molecule has 31 heavy (non-hydrogen) atoms. The standard InChI is InChI=1S/C20H18Cl3N3O4S/c1-11(2)19-18(24-10-26(19)16-7-4-12(21)8-15(16)23)20(27)25-31(28,29)17-9-13(30-3)5-6-14(17)22/h4-11H,1-3H3,(H,25,27). The summed E-state index contributed by atoms with van der Waals surface area (Å²) in [5, 5.41) is 0.761. The lowest BCUT2D eigenvalue weighted by Crippen LogP contribution is -2.32. The van der Waals surface area contributed by atoms with Crippen molar-refractivity contribution in [2.24, 2.45) is 0 Å². The Morgan fingerprint density at radius 3 is 2.42 bits per heavy atom. The van der Waals surface area contributed by atoms with E-state index in [0.29, 0.717) is 21.4 Å². The number of carbonyl (C=O) groups is 1. The monoisotopic (exact) mass is 501 g/mol. The summed E-state index contributed by atoms with van der Waals surface area (Å²) >= 11 is 18.3. The van der Waals surface area contributed by atoms with E-state index in [9.17, 15) is 13.2 Å². The van der Waals surface area contributed by atoms with E-state index in [1.165, 1.54) is 31.6 Å². The van der Waals surface area contributed by atoms with E-state index < -0.39 is 15.9 Å². The smallest absolute Gasteiger partial charge is 0.285 e. The number of ether oxygens (including phenoxy) is 1. The number of hydrogen-bond donors (Lipinski definition) is 1. The van der Waals surface area contributed by atoms with Crippen molar-refractivity contribution in [1.82, 2.24) is 14.3 Å². The number of halogens is 3. The Kier molecular flexibility index (Phi) is 6.85. The molecule has 0 saturated carbocycles. The lowest BCUT2D eigenvalue weighted by Gasteiger charge is -2.15. The van der Waals surface area contributed by atoms with Crippen LogP contribution in [0.2, 0.25) is 15.1 Å². The molecule has 1 amide bonds. The third-order valence-electron chi connectivity index (χ3n) is 4.39. The summed E-state index contributed by atoms with van der Waals surface area (Å²) in [7, 11) is -2.90. The number of benzene rings is 2. The minimum atomic E-state index is -4.29. The van der Waals surface area contributed by atoms with Crippen LogP contribution in [-0.2, 0) is 10.0 Å². The molecule has 164 valence electrons. The average Bonchev–Trinajstić information content (AvgIpc) is 3.13. The van der Waals surface area contributed by atoms with Gasteiger partial charge in [0.15, 0.2) is 5.69 Å². The average molecular weight is 503 g/mol. The van der Waals surface area contributed by atoms with Gasteiger partial charge in [-0.2, -0.15) is 0 Å². The Hall–Kier alpha value is -2.26. The highest BCUT2D eigenvalue weighted by molar-refractivity contribution is 7.90. The number of amides is 1. The maximum Gasteiger partial charge on any atom is 0.285 e. The predicted molar refractivity (Wildman–Crippen MR) is 120 cm³/mol. The van der Waals surface area contributed by atoms with E-state index >= 15 is 0 Å². The van der Waals surface area contributed by atoms with Gasteiger partial charge in [-0.15, -0.1) is 0 Å². The third kappa shape index (κ3) is 4.82. The second-order valence-corrected chi connectivity index (χ2v) is 9.73. The van der Waals surface area contributed by atoms with Crippen molar-refractivity contribution in [1.29, 1.82) is 0 Å². The quantitative estimate of drug-likeness (QED) is 0.507. The van der Waals surface area contributed by atoms with E-state index in [2.05, 4.69) is 4.98 Å². The summed E-state index contributed by atoms with van der Waals surface area (Å²) in [4.78, 5) is 16.8. The summed E-state index contributed by atoms with van der Waals surface area (Å²) in [6.45, 7) is 3.70. The number of sulfonamides is 1. The molecule has 0 bridgehead atoms. The van der Waals surface area contributed by atoms with Gasteiger partial charge in [-0.1, -0.05) is 48.7 Å². The Labute approximate surface area is 195 Å². The van der Waals surface area contributed by atoms with Gasteiger partial charge in [0.1, 0.15) is 17.0 Å². The molecule has 0 radical (unpaired) electrons. The minimum absolute atomic E-state index is 0.0522. The van der Waals surface area contributed by atoms with Crippen molar-refractivity contribution in [2.75, 3.05) is 7.11 Å². The second-order valence-electron chi connectivity index (χ2n) is 6.83. The van der Waals surface area contributed by atoms with E-state index in [4.69, 9.17) is 39.5 Å². The SMILES string of the molecule is COc1ccc(Cl)c(S(=O)(=O)NC(=O)c2ncn(-c3ccc(Cl)cc3Cl)c2C(C)C)c1. The number of nitrogens with one attached hydrogen (secondary N) is 1. The van der Waals surface area contributed by atoms with Crippen LogP contribution in [0.25, 0.3) is 5.69 Å². The Morgan fingerprint density at radius 2 is 1.81 bits per heavy atom. The molecule has 0 unspecified atom stereocenters. The molecule has 3 rings (SSSR count). The second kappa shape index (κ2) is 9.08. The summed E-state index contributed by atoms with van der Waals surface area (Å²) < 4.78 is 34.3. The molecule has 1 heterocycles. The fraction of sp³-hybridized carbons (Fsp3) is 0.200. The molecule has 0 aliphatic rings. The fourth-order valence-corrected chi connectivity index (χ4v) is 4.96. The molecule has 0 aliphatic carbocycles. The van der Waals surface area contributed by atoms with Gasteiger partial charge in [0.05, 0.1) is 28.5 Å². The zero-order chi connectivity index (χ0) is 22.9. The molecule has 7 nitrogen and oxygen atoms in total. The van der Waals surface area contributed by atoms with Gasteiger partial charge in [-0.25, -0.2) is 18.1 Å². The molecule has 1 aromatic heterocycles. The highest BCUT2D eigenvalue weighted by atomic mass is 35.5. The van der Waals surface area contributed by atoms with Crippen molar-refractivity contribution < 1.29 is 17.9 Å². The number of aromatic nitrogens is 2. The van der Waals surface area contributed by atoms with Crippen LogP contribution < -0.4 is 9.46 Å². The van der Waals surface area contributed by atoms with E-state index in [-0.39, 0.29) is 27.3 Å². The minimum Gasteiger partial charge on any atom is -0.497 e. The molecule has 1 N–H and O–H groups in total. The molecular weight excluding hydrogens is 485 g/mol. The van der Waals surface area contributed by atoms with Crippen LogP contribution >= 0.6 is 34.8 Å². The summed E-state index contributed by atoms with van der Waals surface area (Å²) in [6.07, 6.45) is 1.41. The third-order valence-corrected chi connectivity index (χ3v) is 6.74. The molecule has 0 atom stereocenters. The highest BCUT2D eigenvalue weighted by Gasteiger charge is 2.27. The maximum atomic E-state index is 12.9. The van der Waals surface area contributed by atoms with Gasteiger partial charge >= 0.3 is 0 Å². The zero-order valence-corrected chi connectivity index (χ0v) is 19.8. The molecular formula is C20H18Cl3N3O4S. The van der Waals surface area contributed by atoms with Crippen LogP contribution in [0.3, 0.4) is 0 Å². The van der Waals surface area contributed by atoms with Gasteiger partial charge < -0.3 is 9.30 Å². The van der Waals surface area contributed by atoms with Crippen molar-refractivity contribution in [3.8, 4) is 11.4 Å². The van der Waals surface area contributed by atoms with Gasteiger partial charge in [-0.05, 0) is 36.2 Å². The Bertz CT molecular complexity index is 1260. The topological polar surface area (TPSA) is 90.3 Å². The molecule has 0 aliphatic heterocycles. The first-order chi connectivity index (χ1) is 14.5. The van der Waals surface area contributed by atoms with Crippen LogP contribution in [0, 0.1) is 0 Å².